The molecule has 2 amide bonds. The van der Waals surface area contributed by atoms with Gasteiger partial charge in [0, 0.05) is 19.3 Å². The van der Waals surface area contributed by atoms with Gasteiger partial charge in [0.05, 0.1) is 29.9 Å². The van der Waals surface area contributed by atoms with Gasteiger partial charge in [-0.25, -0.2) is 9.78 Å². The molecule has 0 saturated carbocycles. The first-order valence-corrected chi connectivity index (χ1v) is 11.4. The van der Waals surface area contributed by atoms with E-state index in [-0.39, 0.29) is 36.8 Å². The lowest BCUT2D eigenvalue weighted by atomic mass is 10.0. The summed E-state index contributed by atoms with van der Waals surface area (Å²) in [6.07, 6.45) is 10.2. The van der Waals surface area contributed by atoms with Crippen LogP contribution in [0.5, 0.6) is 0 Å². The van der Waals surface area contributed by atoms with Crippen LogP contribution >= 0.6 is 0 Å². The maximum atomic E-state index is 13.1. The first-order chi connectivity index (χ1) is 15.6. The zero-order chi connectivity index (χ0) is 22.1. The van der Waals surface area contributed by atoms with E-state index in [1.807, 2.05) is 4.90 Å². The fourth-order valence-electron chi connectivity index (χ4n) is 5.19. The molecule has 0 N–H and O–H groups in total. The molecular formula is C23H28FN3O5. The van der Waals surface area contributed by atoms with Gasteiger partial charge in [0.2, 0.25) is 5.95 Å². The smallest absolute Gasteiger partial charge is 0.410 e. The quantitative estimate of drug-likeness (QED) is 0.526. The molecule has 0 aromatic carbocycles. The number of rotatable bonds is 3. The number of amides is 2. The van der Waals surface area contributed by atoms with Gasteiger partial charge in [-0.1, -0.05) is 12.2 Å². The molecule has 1 aromatic rings. The van der Waals surface area contributed by atoms with E-state index in [9.17, 15) is 14.0 Å². The summed E-state index contributed by atoms with van der Waals surface area (Å²) in [5, 5.41) is 0. The maximum absolute atomic E-state index is 13.1. The van der Waals surface area contributed by atoms with Crippen molar-refractivity contribution in [2.75, 3.05) is 19.7 Å². The van der Waals surface area contributed by atoms with E-state index in [4.69, 9.17) is 14.2 Å². The third-order valence-corrected chi connectivity index (χ3v) is 6.75. The lowest BCUT2D eigenvalue weighted by Crippen LogP contribution is -2.57. The van der Waals surface area contributed by atoms with Crippen molar-refractivity contribution in [1.29, 1.82) is 0 Å². The molecule has 172 valence electrons. The average Bonchev–Trinajstić information content (AvgIpc) is 3.28. The summed E-state index contributed by atoms with van der Waals surface area (Å²) < 4.78 is 30.5. The Morgan fingerprint density at radius 2 is 1.88 bits per heavy atom. The predicted octanol–water partition coefficient (Wildman–Crippen LogP) is 2.89. The van der Waals surface area contributed by atoms with Crippen molar-refractivity contribution < 1.29 is 28.2 Å². The van der Waals surface area contributed by atoms with Crippen molar-refractivity contribution in [3.8, 4) is 0 Å². The van der Waals surface area contributed by atoms with E-state index >= 15 is 0 Å². The fraction of sp³-hybridized carbons (Fsp3) is 0.609. The second-order valence-corrected chi connectivity index (χ2v) is 8.87. The second-order valence-electron chi connectivity index (χ2n) is 8.87. The molecule has 9 heteroatoms. The summed E-state index contributed by atoms with van der Waals surface area (Å²) in [7, 11) is 0. The number of halogens is 1. The monoisotopic (exact) mass is 445 g/mol. The van der Waals surface area contributed by atoms with E-state index in [0.717, 1.165) is 38.5 Å². The normalized spacial score (nSPS) is 32.7. The van der Waals surface area contributed by atoms with Crippen LogP contribution in [0.15, 0.2) is 30.5 Å². The van der Waals surface area contributed by atoms with E-state index in [2.05, 4.69) is 17.1 Å². The summed E-state index contributed by atoms with van der Waals surface area (Å²) in [5.74, 6) is -0.789. The summed E-state index contributed by atoms with van der Waals surface area (Å²) in [6.45, 7) is 0.890. The van der Waals surface area contributed by atoms with Gasteiger partial charge in [-0.15, -0.1) is 0 Å². The Morgan fingerprint density at radius 1 is 1.09 bits per heavy atom. The van der Waals surface area contributed by atoms with Gasteiger partial charge in [0.25, 0.3) is 5.91 Å². The number of likely N-dealkylation sites (tertiary alicyclic amines) is 1. The standard InChI is InChI=1S/C23H28FN3O5/c24-20-10-7-15(11-25-20)22(28)27-16-8-9-17(27)13-26(12-16)23(29)30-14-21-31-18-5-3-1-2-4-6-19(18)32-21/h1,3,7,10-11,16-19,21H,2,4-6,8-9,12-14H2/b3-1+. The molecule has 4 aliphatic rings. The van der Waals surface area contributed by atoms with Crippen molar-refractivity contribution in [3.05, 3.63) is 42.0 Å². The minimum atomic E-state index is -0.617. The van der Waals surface area contributed by atoms with Crippen LogP contribution in [0.2, 0.25) is 0 Å². The summed E-state index contributed by atoms with van der Waals surface area (Å²) in [4.78, 5) is 32.7. The Bertz CT molecular complexity index is 865. The van der Waals surface area contributed by atoms with Crippen LogP contribution in [0.25, 0.3) is 0 Å². The van der Waals surface area contributed by atoms with Gasteiger partial charge >= 0.3 is 6.09 Å². The molecule has 5 atom stereocenters. The highest BCUT2D eigenvalue weighted by atomic mass is 19.1. The van der Waals surface area contributed by atoms with Crippen LogP contribution < -0.4 is 0 Å². The van der Waals surface area contributed by atoms with E-state index in [1.54, 1.807) is 4.90 Å². The van der Waals surface area contributed by atoms with Gasteiger partial charge in [-0.2, -0.15) is 4.39 Å². The van der Waals surface area contributed by atoms with Crippen molar-refractivity contribution in [1.82, 2.24) is 14.8 Å². The number of nitrogens with zero attached hydrogens (tertiary/aromatic N) is 3. The molecule has 2 bridgehead atoms. The summed E-state index contributed by atoms with van der Waals surface area (Å²) in [5.41, 5.74) is 0.359. The lowest BCUT2D eigenvalue weighted by molar-refractivity contribution is -0.101. The highest BCUT2D eigenvalue weighted by Crippen LogP contribution is 2.32. The van der Waals surface area contributed by atoms with Crippen LogP contribution in [0.3, 0.4) is 0 Å². The molecule has 5 unspecified atom stereocenters. The summed E-state index contributed by atoms with van der Waals surface area (Å²) >= 11 is 0. The molecule has 0 radical (unpaired) electrons. The minimum Gasteiger partial charge on any atom is -0.444 e. The third kappa shape index (κ3) is 4.36. The zero-order valence-electron chi connectivity index (χ0n) is 17.9. The largest absolute Gasteiger partial charge is 0.444 e. The fourth-order valence-corrected chi connectivity index (χ4v) is 5.19. The van der Waals surface area contributed by atoms with E-state index < -0.39 is 18.3 Å². The molecule has 3 fully saturated rings. The molecule has 3 aliphatic heterocycles. The van der Waals surface area contributed by atoms with Crippen LogP contribution in [-0.4, -0.2) is 77.1 Å². The Hall–Kier alpha value is -2.52. The number of carbonyl (C=O) groups excluding carboxylic acids is 2. The highest BCUT2D eigenvalue weighted by Gasteiger charge is 2.45. The number of allylic oxidation sites excluding steroid dienone is 1. The van der Waals surface area contributed by atoms with Crippen LogP contribution in [0.4, 0.5) is 9.18 Å². The number of carbonyl (C=O) groups is 2. The highest BCUT2D eigenvalue weighted by molar-refractivity contribution is 5.94. The van der Waals surface area contributed by atoms with Gasteiger partial charge in [0.1, 0.15) is 6.61 Å². The Morgan fingerprint density at radius 3 is 2.62 bits per heavy atom. The Kier molecular flexibility index (Phi) is 6.10. The number of piperazine rings is 1. The summed E-state index contributed by atoms with van der Waals surface area (Å²) in [6, 6.07) is 2.47. The topological polar surface area (TPSA) is 81.2 Å². The molecule has 3 saturated heterocycles. The Labute approximate surface area is 186 Å². The molecular weight excluding hydrogens is 417 g/mol. The molecule has 4 heterocycles. The number of fused-ring (bicyclic) bond motifs is 3. The second kappa shape index (κ2) is 9.15. The SMILES string of the molecule is O=C(OCC1OC2C/C=C/CCCC2O1)N1CC2CCC(C1)N2C(=O)c1ccc(F)nc1. The third-order valence-electron chi connectivity index (χ3n) is 6.75. The van der Waals surface area contributed by atoms with Crippen molar-refractivity contribution in [2.24, 2.45) is 0 Å². The van der Waals surface area contributed by atoms with Crippen molar-refractivity contribution in [2.45, 2.75) is 69.1 Å². The molecule has 8 nitrogen and oxygen atoms in total. The molecule has 1 aliphatic carbocycles. The zero-order valence-corrected chi connectivity index (χ0v) is 17.9. The van der Waals surface area contributed by atoms with E-state index in [1.165, 1.54) is 18.3 Å². The number of ether oxygens (including phenoxy) is 3. The number of hydrogen-bond donors (Lipinski definition) is 0. The minimum absolute atomic E-state index is 0.0154. The van der Waals surface area contributed by atoms with Gasteiger partial charge in [-0.3, -0.25) is 4.79 Å². The van der Waals surface area contributed by atoms with Gasteiger partial charge < -0.3 is 24.0 Å². The van der Waals surface area contributed by atoms with Crippen LogP contribution in [0.1, 0.15) is 48.9 Å². The first-order valence-electron chi connectivity index (χ1n) is 11.4. The molecule has 32 heavy (non-hydrogen) atoms. The van der Waals surface area contributed by atoms with E-state index in [0.29, 0.717) is 18.7 Å². The molecule has 1 aromatic heterocycles. The average molecular weight is 445 g/mol. The maximum Gasteiger partial charge on any atom is 0.410 e. The van der Waals surface area contributed by atoms with Gasteiger partial charge in [-0.05, 0) is 50.7 Å². The lowest BCUT2D eigenvalue weighted by Gasteiger charge is -2.40. The number of pyridine rings is 1. The Balaban J connectivity index is 1.14. The van der Waals surface area contributed by atoms with Gasteiger partial charge in [0.15, 0.2) is 6.29 Å². The number of hydrogen-bond acceptors (Lipinski definition) is 6. The van der Waals surface area contributed by atoms with Crippen LogP contribution in [0, 0.1) is 5.95 Å². The number of aromatic nitrogens is 1. The van der Waals surface area contributed by atoms with Crippen molar-refractivity contribution >= 4 is 12.0 Å². The predicted molar refractivity (Wildman–Crippen MR) is 111 cm³/mol. The first kappa shape index (κ1) is 21.3. The molecule has 0 spiro atoms. The van der Waals surface area contributed by atoms with Crippen molar-refractivity contribution in [3.63, 3.8) is 0 Å². The van der Waals surface area contributed by atoms with Crippen LogP contribution in [-0.2, 0) is 14.2 Å². The molecule has 5 rings (SSSR count).